The summed E-state index contributed by atoms with van der Waals surface area (Å²) in [6, 6.07) is -1.50. The molecule has 0 aromatic rings. The van der Waals surface area contributed by atoms with Crippen molar-refractivity contribution in [2.75, 3.05) is 19.8 Å². The molecule has 0 amide bonds. The van der Waals surface area contributed by atoms with Crippen molar-refractivity contribution in [3.63, 3.8) is 0 Å². The Morgan fingerprint density at radius 3 is 2.18 bits per heavy atom. The molecule has 0 aromatic heterocycles. The Bertz CT molecular complexity index is 753. The predicted octanol–water partition coefficient (Wildman–Crippen LogP) is -7.35. The molecule has 0 radical (unpaired) electrons. The molecule has 2 saturated heterocycles. The Kier molecular flexibility index (Phi) is 13.2. The fourth-order valence-electron chi connectivity index (χ4n) is 3.41. The quantitative estimate of drug-likeness (QED) is 0.0670. The average molecular weight is 527 g/mol. The first kappa shape index (κ1) is 32.0. The molecule has 194 valence electrons. The van der Waals surface area contributed by atoms with Gasteiger partial charge in [0.1, 0.15) is 48.8 Å². The summed E-state index contributed by atoms with van der Waals surface area (Å²) >= 11 is 0. The molecule has 0 spiro atoms. The van der Waals surface area contributed by atoms with Crippen LogP contribution in [0.3, 0.4) is 0 Å². The van der Waals surface area contributed by atoms with Gasteiger partial charge in [-0.2, -0.15) is 8.42 Å². The third-order valence-corrected chi connectivity index (χ3v) is 5.41. The van der Waals surface area contributed by atoms with Gasteiger partial charge >= 0.3 is 40.0 Å². The maximum atomic E-state index is 11.5. The number of hydrogen-bond acceptors (Lipinski definition) is 14. The fourth-order valence-corrected chi connectivity index (χ4v) is 3.71. The summed E-state index contributed by atoms with van der Waals surface area (Å²) in [7, 11) is -4.89. The van der Waals surface area contributed by atoms with E-state index in [0.717, 1.165) is 6.92 Å². The van der Waals surface area contributed by atoms with Crippen LogP contribution in [0.2, 0.25) is 0 Å². The zero-order valence-corrected chi connectivity index (χ0v) is 21.7. The Morgan fingerprint density at radius 2 is 1.65 bits per heavy atom. The smallest absolute Gasteiger partial charge is 0.862 e. The molecular weight excluding hydrogens is 497 g/mol. The van der Waals surface area contributed by atoms with Crippen molar-refractivity contribution < 1.29 is 96.3 Å². The van der Waals surface area contributed by atoms with Gasteiger partial charge in [0.2, 0.25) is 0 Å². The van der Waals surface area contributed by atoms with Gasteiger partial charge in [-0.3, -0.25) is 9.55 Å². The summed E-state index contributed by atoms with van der Waals surface area (Å²) in [6.07, 6.45) is -13.8. The van der Waals surface area contributed by atoms with Gasteiger partial charge in [-0.05, 0) is 19.2 Å². The van der Waals surface area contributed by atoms with Crippen molar-refractivity contribution in [1.82, 2.24) is 0 Å². The first-order chi connectivity index (χ1) is 15.4. The molecule has 0 saturated carbocycles. The van der Waals surface area contributed by atoms with Gasteiger partial charge in [-0.1, -0.05) is 6.92 Å². The second-order valence-electron chi connectivity index (χ2n) is 7.55. The van der Waals surface area contributed by atoms with E-state index in [2.05, 4.69) is 9.18 Å². The predicted molar refractivity (Wildman–Crippen MR) is 104 cm³/mol. The van der Waals surface area contributed by atoms with E-state index >= 15 is 0 Å². The van der Waals surface area contributed by atoms with Crippen LogP contribution < -0.4 is 34.7 Å². The van der Waals surface area contributed by atoms with Gasteiger partial charge in [0, 0.05) is 6.61 Å². The zero-order chi connectivity index (χ0) is 24.9. The molecule has 10 atom stereocenters. The molecule has 0 unspecified atom stereocenters. The molecular formula is C17H30NNaO14S. The molecule has 0 aromatic carbocycles. The third-order valence-electron chi connectivity index (χ3n) is 4.98. The summed E-state index contributed by atoms with van der Waals surface area (Å²) in [5, 5.41) is 62.7. The van der Waals surface area contributed by atoms with Gasteiger partial charge in [-0.25, -0.2) is 4.18 Å². The Morgan fingerprint density at radius 1 is 1.03 bits per heavy atom. The standard InChI is InChI=1S/C17H31NO14S.Na/c1-3-4-28-17-14(24)15(12(22)9(31-17)6-29-33(25,26)27)32-16-10(18-7(2)20)13(23)11(21)8(5-19)30-16;/h8-17,19,21-24H,3-6H2,1-2H3,(H,18,20)(H,25,26,27);/q;+1/p-1/t8-,9-,10-,11-,12-,13-,14-,15+,16+,17+;/m1./s1. The second kappa shape index (κ2) is 14.1. The number of rotatable bonds is 10. The van der Waals surface area contributed by atoms with Crippen LogP contribution >= 0.6 is 0 Å². The van der Waals surface area contributed by atoms with Crippen molar-refractivity contribution in [3.05, 3.63) is 0 Å². The van der Waals surface area contributed by atoms with Crippen molar-refractivity contribution in [2.45, 2.75) is 81.6 Å². The van der Waals surface area contributed by atoms with Gasteiger partial charge < -0.3 is 49.6 Å². The number of aliphatic imine (C=N–C) groups is 1. The minimum absolute atomic E-state index is 0. The minimum atomic E-state index is -4.89. The normalized spacial score (nSPS) is 39.5. The minimum Gasteiger partial charge on any atom is -0.862 e. The van der Waals surface area contributed by atoms with Gasteiger partial charge in [0.25, 0.3) is 0 Å². The van der Waals surface area contributed by atoms with Crippen LogP contribution in [-0.2, 0) is 33.5 Å². The number of ether oxygens (including phenoxy) is 4. The van der Waals surface area contributed by atoms with Crippen LogP contribution in [0.4, 0.5) is 0 Å². The molecule has 2 aliphatic heterocycles. The van der Waals surface area contributed by atoms with E-state index in [1.165, 1.54) is 0 Å². The van der Waals surface area contributed by atoms with E-state index in [1.54, 1.807) is 6.92 Å². The van der Waals surface area contributed by atoms with Gasteiger partial charge in [0.15, 0.2) is 12.6 Å². The van der Waals surface area contributed by atoms with Crippen LogP contribution in [-0.4, -0.2) is 126 Å². The Balaban J connectivity index is 0.00000578. The molecule has 2 fully saturated rings. The fraction of sp³-hybridized carbons (Fsp3) is 0.941. The topological polar surface area (TPSA) is 237 Å². The summed E-state index contributed by atoms with van der Waals surface area (Å²) in [5.41, 5.74) is 0. The van der Waals surface area contributed by atoms with E-state index in [4.69, 9.17) is 23.5 Å². The van der Waals surface area contributed by atoms with Crippen LogP contribution in [0, 0.1) is 0 Å². The van der Waals surface area contributed by atoms with Gasteiger partial charge in [0.05, 0.1) is 13.2 Å². The van der Waals surface area contributed by atoms with Gasteiger partial charge in [-0.15, -0.1) is 0 Å². The Labute approximate surface area is 218 Å². The summed E-state index contributed by atoms with van der Waals surface area (Å²) in [5.74, 6) is -0.748. The molecule has 0 aliphatic carbocycles. The maximum Gasteiger partial charge on any atom is 1.00 e. The second-order valence-corrected chi connectivity index (χ2v) is 8.64. The van der Waals surface area contributed by atoms with E-state index < -0.39 is 90.9 Å². The molecule has 2 aliphatic rings. The summed E-state index contributed by atoms with van der Waals surface area (Å²) in [6.45, 7) is 1.34. The number of aliphatic hydroxyl groups excluding tert-OH is 5. The van der Waals surface area contributed by atoms with E-state index in [1.807, 2.05) is 0 Å². The van der Waals surface area contributed by atoms with Crippen LogP contribution in [0.25, 0.3) is 0 Å². The molecule has 0 bridgehead atoms. The molecule has 6 N–H and O–H groups in total. The molecule has 2 heterocycles. The van der Waals surface area contributed by atoms with Crippen molar-refractivity contribution in [1.29, 1.82) is 0 Å². The van der Waals surface area contributed by atoms with Crippen molar-refractivity contribution in [3.8, 4) is 0 Å². The monoisotopic (exact) mass is 527 g/mol. The summed E-state index contributed by atoms with van der Waals surface area (Å²) in [4.78, 5) is 3.65. The molecule has 15 nitrogen and oxygen atoms in total. The zero-order valence-electron chi connectivity index (χ0n) is 18.9. The van der Waals surface area contributed by atoms with Crippen LogP contribution in [0.1, 0.15) is 20.3 Å². The van der Waals surface area contributed by atoms with E-state index in [0.29, 0.717) is 6.42 Å². The van der Waals surface area contributed by atoms with E-state index in [-0.39, 0.29) is 36.2 Å². The van der Waals surface area contributed by atoms with Crippen LogP contribution in [0.15, 0.2) is 4.99 Å². The summed E-state index contributed by atoms with van der Waals surface area (Å²) < 4.78 is 56.6. The third kappa shape index (κ3) is 8.53. The molecule has 2 rings (SSSR count). The first-order valence-electron chi connectivity index (χ1n) is 10.1. The van der Waals surface area contributed by atoms with Crippen LogP contribution in [0.5, 0.6) is 0 Å². The number of hydrogen-bond donors (Lipinski definition) is 6. The maximum absolute atomic E-state index is 11.5. The molecule has 34 heavy (non-hydrogen) atoms. The first-order valence-corrected chi connectivity index (χ1v) is 11.5. The Hall–Kier alpha value is -0.0200. The van der Waals surface area contributed by atoms with Crippen molar-refractivity contribution >= 4 is 16.3 Å². The average Bonchev–Trinajstić information content (AvgIpc) is 2.73. The SMILES string of the molecule is CCCO[C@H]1O[C@H](COS(=O)(=O)O)[C@@H](O)[C@H](O[C@@H]2O[C@H](CO)[C@@H](O)[C@H](O)[C@H]2N=C(C)[O-])[C@H]1O.[Na+]. The van der Waals surface area contributed by atoms with E-state index in [9.17, 15) is 39.1 Å². The van der Waals surface area contributed by atoms with Crippen molar-refractivity contribution in [2.24, 2.45) is 4.99 Å². The number of aliphatic hydroxyl groups is 5. The number of nitrogens with zero attached hydrogens (tertiary/aromatic N) is 1. The largest absolute Gasteiger partial charge is 1.00 e. The molecule has 17 heteroatoms.